The van der Waals surface area contributed by atoms with Gasteiger partial charge in [-0.1, -0.05) is 54.6 Å². The highest BCUT2D eigenvalue weighted by molar-refractivity contribution is 5.81. The van der Waals surface area contributed by atoms with Crippen LogP contribution in [0.1, 0.15) is 23.6 Å². The molecule has 0 aliphatic heterocycles. The highest BCUT2D eigenvalue weighted by Crippen LogP contribution is 2.11. The summed E-state index contributed by atoms with van der Waals surface area (Å²) in [7, 11) is 1.99. The van der Waals surface area contributed by atoms with Crippen LogP contribution in [0.15, 0.2) is 54.6 Å². The number of carbonyl (C=O) groups is 1. The van der Waals surface area contributed by atoms with Crippen LogP contribution < -0.4 is 5.32 Å². The summed E-state index contributed by atoms with van der Waals surface area (Å²) >= 11 is 0. The van der Waals surface area contributed by atoms with Gasteiger partial charge in [0.25, 0.3) is 0 Å². The molecule has 0 bridgehead atoms. The van der Waals surface area contributed by atoms with Crippen molar-refractivity contribution in [1.82, 2.24) is 10.2 Å². The fourth-order valence-electron chi connectivity index (χ4n) is 2.33. The minimum atomic E-state index is -0.164. The van der Waals surface area contributed by atoms with E-state index in [1.54, 1.807) is 0 Å². The van der Waals surface area contributed by atoms with Gasteiger partial charge in [0.15, 0.2) is 0 Å². The zero-order chi connectivity index (χ0) is 15.9. The summed E-state index contributed by atoms with van der Waals surface area (Å²) in [6.07, 6.45) is 0. The summed E-state index contributed by atoms with van der Waals surface area (Å²) in [6.45, 7) is 5.39. The summed E-state index contributed by atoms with van der Waals surface area (Å²) in [4.78, 5) is 14.4. The van der Waals surface area contributed by atoms with Crippen LogP contribution in [0, 0.1) is 6.92 Å². The highest BCUT2D eigenvalue weighted by Gasteiger charge is 2.18. The summed E-state index contributed by atoms with van der Waals surface area (Å²) in [6, 6.07) is 18.1. The molecule has 116 valence electrons. The quantitative estimate of drug-likeness (QED) is 0.888. The van der Waals surface area contributed by atoms with E-state index in [1.165, 1.54) is 11.1 Å². The number of carbonyl (C=O) groups excluding carboxylic acids is 1. The van der Waals surface area contributed by atoms with Crippen molar-refractivity contribution in [1.29, 1.82) is 0 Å². The van der Waals surface area contributed by atoms with Crippen LogP contribution in [0.2, 0.25) is 0 Å². The van der Waals surface area contributed by atoms with Crippen LogP contribution in [0.4, 0.5) is 0 Å². The molecule has 0 unspecified atom stereocenters. The van der Waals surface area contributed by atoms with E-state index >= 15 is 0 Å². The van der Waals surface area contributed by atoms with Crippen molar-refractivity contribution in [2.45, 2.75) is 33.0 Å². The monoisotopic (exact) mass is 296 g/mol. The molecule has 0 saturated heterocycles. The molecule has 0 saturated carbocycles. The molecule has 3 heteroatoms. The lowest BCUT2D eigenvalue weighted by atomic mass is 10.1. The minimum Gasteiger partial charge on any atom is -0.351 e. The Hall–Kier alpha value is -2.13. The Morgan fingerprint density at radius 1 is 1.09 bits per heavy atom. The van der Waals surface area contributed by atoms with E-state index in [1.807, 2.05) is 56.4 Å². The first-order chi connectivity index (χ1) is 10.6. The Kier molecular flexibility index (Phi) is 5.73. The van der Waals surface area contributed by atoms with Crippen molar-refractivity contribution in [3.8, 4) is 0 Å². The van der Waals surface area contributed by atoms with Crippen molar-refractivity contribution >= 4 is 5.91 Å². The van der Waals surface area contributed by atoms with E-state index < -0.39 is 0 Å². The Morgan fingerprint density at radius 3 is 2.41 bits per heavy atom. The number of rotatable bonds is 6. The second-order valence-corrected chi connectivity index (χ2v) is 5.72. The van der Waals surface area contributed by atoms with Crippen molar-refractivity contribution < 1.29 is 4.79 Å². The Balaban J connectivity index is 1.88. The summed E-state index contributed by atoms with van der Waals surface area (Å²) in [5, 5.41) is 3.00. The van der Waals surface area contributed by atoms with Gasteiger partial charge in [-0.2, -0.15) is 0 Å². The average Bonchev–Trinajstić information content (AvgIpc) is 2.55. The van der Waals surface area contributed by atoms with Crippen LogP contribution >= 0.6 is 0 Å². The van der Waals surface area contributed by atoms with Crippen LogP contribution in [-0.4, -0.2) is 23.9 Å². The number of hydrogen-bond donors (Lipinski definition) is 1. The normalized spacial score (nSPS) is 12.2. The van der Waals surface area contributed by atoms with E-state index in [0.29, 0.717) is 6.54 Å². The molecular formula is C19H24N2O. The topological polar surface area (TPSA) is 32.3 Å². The number of likely N-dealkylation sites (N-methyl/N-ethyl adjacent to an activating group) is 1. The van der Waals surface area contributed by atoms with E-state index in [4.69, 9.17) is 0 Å². The van der Waals surface area contributed by atoms with Gasteiger partial charge >= 0.3 is 0 Å². The fraction of sp³-hybridized carbons (Fsp3) is 0.316. The van der Waals surface area contributed by atoms with Crippen LogP contribution in [0.5, 0.6) is 0 Å². The van der Waals surface area contributed by atoms with Gasteiger partial charge in [-0.25, -0.2) is 0 Å². The first kappa shape index (κ1) is 16.2. The maximum atomic E-state index is 12.3. The van der Waals surface area contributed by atoms with Gasteiger partial charge in [-0.05, 0) is 37.6 Å². The molecule has 2 rings (SSSR count). The molecule has 0 spiro atoms. The van der Waals surface area contributed by atoms with E-state index in [0.717, 1.165) is 12.1 Å². The zero-order valence-corrected chi connectivity index (χ0v) is 13.5. The van der Waals surface area contributed by atoms with Crippen molar-refractivity contribution in [2.24, 2.45) is 0 Å². The lowest BCUT2D eigenvalue weighted by Gasteiger charge is -2.24. The molecule has 0 aromatic heterocycles. The van der Waals surface area contributed by atoms with Crippen molar-refractivity contribution in [3.63, 3.8) is 0 Å². The maximum absolute atomic E-state index is 12.3. The van der Waals surface area contributed by atoms with Gasteiger partial charge < -0.3 is 5.32 Å². The van der Waals surface area contributed by atoms with Crippen LogP contribution in [-0.2, 0) is 17.9 Å². The van der Waals surface area contributed by atoms with Gasteiger partial charge in [0.05, 0.1) is 6.04 Å². The first-order valence-electron chi connectivity index (χ1n) is 7.64. The molecule has 0 radical (unpaired) electrons. The van der Waals surface area contributed by atoms with E-state index in [-0.39, 0.29) is 11.9 Å². The molecule has 1 amide bonds. The molecular weight excluding hydrogens is 272 g/mol. The first-order valence-corrected chi connectivity index (χ1v) is 7.64. The molecule has 2 aromatic carbocycles. The number of nitrogens with zero attached hydrogens (tertiary/aromatic N) is 1. The SMILES string of the molecule is Cc1ccccc1CN(C)[C@H](C)C(=O)NCc1ccccc1. The maximum Gasteiger partial charge on any atom is 0.237 e. The van der Waals surface area contributed by atoms with Crippen LogP contribution in [0.3, 0.4) is 0 Å². The number of hydrogen-bond acceptors (Lipinski definition) is 2. The number of amides is 1. The van der Waals surface area contributed by atoms with Gasteiger partial charge in [0.1, 0.15) is 0 Å². The standard InChI is InChI=1S/C19H24N2O/c1-15-9-7-8-12-18(15)14-21(3)16(2)19(22)20-13-17-10-5-4-6-11-17/h4-12,16H,13-14H2,1-3H3,(H,20,22)/t16-/m1/s1. The van der Waals surface area contributed by atoms with E-state index in [9.17, 15) is 4.79 Å². The Bertz CT molecular complexity index is 610. The second kappa shape index (κ2) is 7.76. The lowest BCUT2D eigenvalue weighted by molar-refractivity contribution is -0.125. The summed E-state index contributed by atoms with van der Waals surface area (Å²) < 4.78 is 0. The molecule has 0 fully saturated rings. The Labute approximate surface area is 133 Å². The number of aryl methyl sites for hydroxylation is 1. The fourth-order valence-corrected chi connectivity index (χ4v) is 2.33. The Morgan fingerprint density at radius 2 is 1.73 bits per heavy atom. The molecule has 22 heavy (non-hydrogen) atoms. The summed E-state index contributed by atoms with van der Waals surface area (Å²) in [5.41, 5.74) is 3.63. The van der Waals surface area contributed by atoms with Gasteiger partial charge in [-0.3, -0.25) is 9.69 Å². The molecule has 1 atom stereocenters. The number of benzene rings is 2. The molecule has 1 N–H and O–H groups in total. The smallest absolute Gasteiger partial charge is 0.237 e. The predicted octanol–water partition coefficient (Wildman–Crippen LogP) is 3.13. The van der Waals surface area contributed by atoms with Gasteiger partial charge in [0, 0.05) is 13.1 Å². The third-order valence-electron chi connectivity index (χ3n) is 4.03. The van der Waals surface area contributed by atoms with Gasteiger partial charge in [0.2, 0.25) is 5.91 Å². The summed E-state index contributed by atoms with van der Waals surface area (Å²) in [5.74, 6) is 0.0555. The molecule has 0 heterocycles. The largest absolute Gasteiger partial charge is 0.351 e. The molecule has 3 nitrogen and oxygen atoms in total. The molecule has 2 aromatic rings. The third-order valence-corrected chi connectivity index (χ3v) is 4.03. The molecule has 0 aliphatic rings. The molecule has 0 aliphatic carbocycles. The van der Waals surface area contributed by atoms with E-state index in [2.05, 4.69) is 29.3 Å². The third kappa shape index (κ3) is 4.43. The predicted molar refractivity (Wildman–Crippen MR) is 90.4 cm³/mol. The highest BCUT2D eigenvalue weighted by atomic mass is 16.2. The van der Waals surface area contributed by atoms with Crippen LogP contribution in [0.25, 0.3) is 0 Å². The lowest BCUT2D eigenvalue weighted by Crippen LogP contribution is -2.42. The second-order valence-electron chi connectivity index (χ2n) is 5.72. The average molecular weight is 296 g/mol. The minimum absolute atomic E-state index is 0.0555. The zero-order valence-electron chi connectivity index (χ0n) is 13.5. The van der Waals surface area contributed by atoms with Crippen molar-refractivity contribution in [2.75, 3.05) is 7.05 Å². The number of nitrogens with one attached hydrogen (secondary N) is 1. The van der Waals surface area contributed by atoms with Gasteiger partial charge in [-0.15, -0.1) is 0 Å². The van der Waals surface area contributed by atoms with Crippen molar-refractivity contribution in [3.05, 3.63) is 71.3 Å².